The van der Waals surface area contributed by atoms with Crippen molar-refractivity contribution in [3.8, 4) is 0 Å². The zero-order valence-corrected chi connectivity index (χ0v) is 11.7. The lowest BCUT2D eigenvalue weighted by Crippen LogP contribution is -2.15. The third kappa shape index (κ3) is 3.01. The van der Waals surface area contributed by atoms with E-state index in [2.05, 4.69) is 5.32 Å². The Morgan fingerprint density at radius 3 is 2.58 bits per heavy atom. The molecule has 0 bridgehead atoms. The highest BCUT2D eigenvalue weighted by Gasteiger charge is 2.14. The van der Waals surface area contributed by atoms with Crippen molar-refractivity contribution in [2.45, 2.75) is 0 Å². The number of carbonyl (C=O) groups excluding carboxylic acids is 1. The Bertz CT molecular complexity index is 626. The first-order valence-corrected chi connectivity index (χ1v) is 6.37. The van der Waals surface area contributed by atoms with E-state index >= 15 is 0 Å². The van der Waals surface area contributed by atoms with Gasteiger partial charge in [0.15, 0.2) is 0 Å². The van der Waals surface area contributed by atoms with Gasteiger partial charge in [0.2, 0.25) is 0 Å². The summed E-state index contributed by atoms with van der Waals surface area (Å²) in [7, 11) is 0. The molecule has 2 rings (SSSR count). The third-order valence-corrected chi connectivity index (χ3v) is 3.35. The van der Waals surface area contributed by atoms with Crippen molar-refractivity contribution in [2.75, 3.05) is 11.1 Å². The number of rotatable bonds is 2. The minimum Gasteiger partial charge on any atom is -0.397 e. The van der Waals surface area contributed by atoms with Gasteiger partial charge in [0.25, 0.3) is 5.91 Å². The summed E-state index contributed by atoms with van der Waals surface area (Å²) in [6.07, 6.45) is 0. The normalized spacial score (nSPS) is 10.3. The Labute approximate surface area is 121 Å². The molecule has 0 aliphatic rings. The van der Waals surface area contributed by atoms with E-state index in [4.69, 9.17) is 5.73 Å². The zero-order chi connectivity index (χ0) is 14.0. The van der Waals surface area contributed by atoms with Crippen LogP contribution in [0.1, 0.15) is 10.4 Å². The number of hydrogen-bond acceptors (Lipinski definition) is 2. The van der Waals surface area contributed by atoms with Crippen LogP contribution in [0.25, 0.3) is 0 Å². The topological polar surface area (TPSA) is 55.1 Å². The number of anilines is 2. The van der Waals surface area contributed by atoms with Crippen molar-refractivity contribution in [3.05, 3.63) is 57.2 Å². The van der Waals surface area contributed by atoms with Crippen molar-refractivity contribution in [2.24, 2.45) is 0 Å². The molecule has 19 heavy (non-hydrogen) atoms. The molecule has 0 aliphatic carbocycles. The van der Waals surface area contributed by atoms with Gasteiger partial charge in [-0.3, -0.25) is 4.79 Å². The number of carbonyl (C=O) groups is 1. The molecule has 3 N–H and O–H groups in total. The number of nitrogens with two attached hydrogens (primary N) is 1. The van der Waals surface area contributed by atoms with Crippen LogP contribution in [0.15, 0.2) is 36.4 Å². The SMILES string of the molecule is Nc1cccc(F)c1NC(=O)c1ccc(F)cc1I. The maximum absolute atomic E-state index is 13.5. The minimum absolute atomic E-state index is 0.0763. The maximum atomic E-state index is 13.5. The average Bonchev–Trinajstić information content (AvgIpc) is 2.33. The lowest BCUT2D eigenvalue weighted by atomic mass is 10.2. The van der Waals surface area contributed by atoms with E-state index in [1.807, 2.05) is 22.6 Å². The van der Waals surface area contributed by atoms with Gasteiger partial charge in [-0.15, -0.1) is 0 Å². The van der Waals surface area contributed by atoms with Gasteiger partial charge < -0.3 is 11.1 Å². The maximum Gasteiger partial charge on any atom is 0.256 e. The second-order valence-corrected chi connectivity index (χ2v) is 4.94. The number of nitrogen functional groups attached to an aromatic ring is 1. The molecule has 0 heterocycles. The molecular formula is C13H9F2IN2O. The first kappa shape index (κ1) is 13.7. The van der Waals surface area contributed by atoms with Crippen LogP contribution in [-0.2, 0) is 0 Å². The standard InChI is InChI=1S/C13H9F2IN2O/c14-7-4-5-8(10(16)6-7)13(19)18-12-9(15)2-1-3-11(12)17/h1-6H,17H2,(H,18,19). The van der Waals surface area contributed by atoms with Crippen LogP contribution >= 0.6 is 22.6 Å². The summed E-state index contributed by atoms with van der Waals surface area (Å²) < 4.78 is 26.9. The lowest BCUT2D eigenvalue weighted by Gasteiger charge is -2.10. The third-order valence-electron chi connectivity index (χ3n) is 2.46. The Hall–Kier alpha value is -1.70. The van der Waals surface area contributed by atoms with E-state index in [9.17, 15) is 13.6 Å². The predicted molar refractivity (Wildman–Crippen MR) is 77.9 cm³/mol. The summed E-state index contributed by atoms with van der Waals surface area (Å²) in [5.74, 6) is -1.60. The molecule has 0 aromatic heterocycles. The van der Waals surface area contributed by atoms with Crippen molar-refractivity contribution >= 4 is 39.9 Å². The van der Waals surface area contributed by atoms with E-state index in [-0.39, 0.29) is 16.9 Å². The fourth-order valence-corrected chi connectivity index (χ4v) is 2.25. The quantitative estimate of drug-likeness (QED) is 0.626. The summed E-state index contributed by atoms with van der Waals surface area (Å²) in [5.41, 5.74) is 5.90. The number of benzene rings is 2. The van der Waals surface area contributed by atoms with Crippen LogP contribution in [0.2, 0.25) is 0 Å². The largest absolute Gasteiger partial charge is 0.397 e. The van der Waals surface area contributed by atoms with Crippen molar-refractivity contribution in [3.63, 3.8) is 0 Å². The Morgan fingerprint density at radius 2 is 1.95 bits per heavy atom. The molecule has 0 saturated heterocycles. The summed E-state index contributed by atoms with van der Waals surface area (Å²) in [5, 5.41) is 2.39. The van der Waals surface area contributed by atoms with Gasteiger partial charge in [0.05, 0.1) is 11.3 Å². The van der Waals surface area contributed by atoms with E-state index in [1.54, 1.807) is 0 Å². The number of para-hydroxylation sites is 1. The number of hydrogen-bond donors (Lipinski definition) is 2. The van der Waals surface area contributed by atoms with Crippen LogP contribution < -0.4 is 11.1 Å². The summed E-state index contributed by atoms with van der Waals surface area (Å²) in [6.45, 7) is 0. The van der Waals surface area contributed by atoms with Gasteiger partial charge in [-0.05, 0) is 52.9 Å². The van der Waals surface area contributed by atoms with E-state index in [0.29, 0.717) is 3.57 Å². The molecule has 0 atom stereocenters. The minimum atomic E-state index is -0.620. The smallest absolute Gasteiger partial charge is 0.256 e. The highest BCUT2D eigenvalue weighted by molar-refractivity contribution is 14.1. The molecule has 2 aromatic rings. The molecule has 0 radical (unpaired) electrons. The van der Waals surface area contributed by atoms with Gasteiger partial charge in [0, 0.05) is 3.57 Å². The second kappa shape index (κ2) is 5.52. The van der Waals surface area contributed by atoms with Crippen LogP contribution in [0.5, 0.6) is 0 Å². The van der Waals surface area contributed by atoms with E-state index in [0.717, 1.165) is 0 Å². The molecule has 0 unspecified atom stereocenters. The highest BCUT2D eigenvalue weighted by atomic mass is 127. The van der Waals surface area contributed by atoms with Crippen molar-refractivity contribution < 1.29 is 13.6 Å². The van der Waals surface area contributed by atoms with Gasteiger partial charge in [-0.2, -0.15) is 0 Å². The fourth-order valence-electron chi connectivity index (χ4n) is 1.53. The fraction of sp³-hybridized carbons (Fsp3) is 0. The first-order valence-electron chi connectivity index (χ1n) is 5.29. The molecule has 3 nitrogen and oxygen atoms in total. The molecule has 1 amide bonds. The monoisotopic (exact) mass is 374 g/mol. The molecular weight excluding hydrogens is 365 g/mol. The molecule has 98 valence electrons. The molecule has 0 saturated carbocycles. The molecule has 0 spiro atoms. The van der Waals surface area contributed by atoms with Crippen molar-refractivity contribution in [1.29, 1.82) is 0 Å². The first-order chi connectivity index (χ1) is 8.99. The molecule has 2 aromatic carbocycles. The molecule has 0 aliphatic heterocycles. The summed E-state index contributed by atoms with van der Waals surface area (Å²) in [4.78, 5) is 12.0. The van der Waals surface area contributed by atoms with E-state index in [1.165, 1.54) is 36.4 Å². The van der Waals surface area contributed by atoms with Crippen LogP contribution in [0.3, 0.4) is 0 Å². The average molecular weight is 374 g/mol. The van der Waals surface area contributed by atoms with Gasteiger partial charge >= 0.3 is 0 Å². The number of amides is 1. The summed E-state index contributed by atoms with van der Waals surface area (Å²) in [6, 6.07) is 7.85. The van der Waals surface area contributed by atoms with Crippen LogP contribution in [0.4, 0.5) is 20.2 Å². The Morgan fingerprint density at radius 1 is 1.21 bits per heavy atom. The zero-order valence-electron chi connectivity index (χ0n) is 9.58. The van der Waals surface area contributed by atoms with Gasteiger partial charge in [-0.1, -0.05) is 6.07 Å². The van der Waals surface area contributed by atoms with Gasteiger partial charge in [0.1, 0.15) is 17.3 Å². The second-order valence-electron chi connectivity index (χ2n) is 3.78. The molecule has 6 heteroatoms. The van der Waals surface area contributed by atoms with Crippen molar-refractivity contribution in [1.82, 2.24) is 0 Å². The van der Waals surface area contributed by atoms with E-state index < -0.39 is 17.5 Å². The highest BCUT2D eigenvalue weighted by Crippen LogP contribution is 2.23. The predicted octanol–water partition coefficient (Wildman–Crippen LogP) is 3.40. The number of nitrogens with one attached hydrogen (secondary N) is 1. The lowest BCUT2D eigenvalue weighted by molar-refractivity contribution is 0.102. The Kier molecular flexibility index (Phi) is 3.98. The van der Waals surface area contributed by atoms with Gasteiger partial charge in [-0.25, -0.2) is 8.78 Å². The number of halogens is 3. The molecule has 0 fully saturated rings. The Balaban J connectivity index is 2.31. The van der Waals surface area contributed by atoms with Crippen LogP contribution in [0, 0.1) is 15.2 Å². The van der Waals surface area contributed by atoms with Crippen LogP contribution in [-0.4, -0.2) is 5.91 Å². The summed E-state index contributed by atoms with van der Waals surface area (Å²) >= 11 is 1.84.